The van der Waals surface area contributed by atoms with Gasteiger partial charge in [-0.05, 0) is 62.6 Å². The molecular weight excluding hydrogens is 424 g/mol. The zero-order valence-electron chi connectivity index (χ0n) is 20.5. The predicted molar refractivity (Wildman–Crippen MR) is 135 cm³/mol. The Bertz CT molecular complexity index is 941. The highest BCUT2D eigenvalue weighted by molar-refractivity contribution is 5.96. The molecule has 1 atom stereocenters. The minimum Gasteiger partial charge on any atom is -0.491 e. The Kier molecular flexibility index (Phi) is 8.62. The van der Waals surface area contributed by atoms with E-state index in [1.54, 1.807) is 0 Å². The Hall–Kier alpha value is -2.82. The van der Waals surface area contributed by atoms with Crippen molar-refractivity contribution in [2.75, 3.05) is 26.2 Å². The van der Waals surface area contributed by atoms with Gasteiger partial charge in [0.1, 0.15) is 12.4 Å². The molecule has 1 aliphatic carbocycles. The van der Waals surface area contributed by atoms with Crippen LogP contribution in [0.15, 0.2) is 54.6 Å². The van der Waals surface area contributed by atoms with Crippen molar-refractivity contribution in [1.29, 1.82) is 0 Å². The lowest BCUT2D eigenvalue weighted by molar-refractivity contribution is -0.134. The molecule has 2 amide bonds. The molecule has 2 aromatic carbocycles. The van der Waals surface area contributed by atoms with Gasteiger partial charge in [0.15, 0.2) is 0 Å². The third-order valence-corrected chi connectivity index (χ3v) is 7.03. The zero-order chi connectivity index (χ0) is 23.8. The number of hydrogen-bond donors (Lipinski definition) is 0. The Morgan fingerprint density at radius 1 is 0.941 bits per heavy atom. The second kappa shape index (κ2) is 12.0. The maximum Gasteiger partial charge on any atom is 0.257 e. The van der Waals surface area contributed by atoms with E-state index < -0.39 is 0 Å². The molecule has 0 unspecified atom stereocenters. The van der Waals surface area contributed by atoms with E-state index in [1.807, 2.05) is 54.3 Å². The van der Waals surface area contributed by atoms with Crippen LogP contribution in [0.1, 0.15) is 67.8 Å². The van der Waals surface area contributed by atoms with E-state index >= 15 is 0 Å². The first-order valence-corrected chi connectivity index (χ1v) is 13.0. The van der Waals surface area contributed by atoms with E-state index in [2.05, 4.69) is 17.0 Å². The molecule has 0 bridgehead atoms. The smallest absolute Gasteiger partial charge is 0.257 e. The number of hydrogen-bond acceptors (Lipinski definition) is 3. The summed E-state index contributed by atoms with van der Waals surface area (Å²) in [6, 6.07) is 17.8. The maximum atomic E-state index is 13.4. The van der Waals surface area contributed by atoms with Crippen LogP contribution >= 0.6 is 0 Å². The van der Waals surface area contributed by atoms with E-state index in [0.717, 1.165) is 45.2 Å². The minimum absolute atomic E-state index is 0.0245. The van der Waals surface area contributed by atoms with E-state index in [0.29, 0.717) is 36.8 Å². The SMILES string of the molecule is CCN1CCCCCCN(C(=O)CC2CC2)[C@@H](Cc2ccccc2)COc2ccccc2C1=O. The van der Waals surface area contributed by atoms with Gasteiger partial charge in [-0.1, -0.05) is 55.3 Å². The average molecular weight is 463 g/mol. The van der Waals surface area contributed by atoms with Gasteiger partial charge in [0.25, 0.3) is 5.91 Å². The Morgan fingerprint density at radius 2 is 1.65 bits per heavy atom. The molecule has 2 aromatic rings. The molecule has 4 rings (SSSR count). The lowest BCUT2D eigenvalue weighted by atomic mass is 10.0. The number of para-hydroxylation sites is 1. The van der Waals surface area contributed by atoms with Gasteiger partial charge in [-0.3, -0.25) is 9.59 Å². The number of fused-ring (bicyclic) bond motifs is 1. The third-order valence-electron chi connectivity index (χ3n) is 7.03. The van der Waals surface area contributed by atoms with E-state index in [4.69, 9.17) is 4.74 Å². The van der Waals surface area contributed by atoms with Gasteiger partial charge in [-0.2, -0.15) is 0 Å². The van der Waals surface area contributed by atoms with Crippen molar-refractivity contribution in [2.24, 2.45) is 5.92 Å². The van der Waals surface area contributed by atoms with Crippen LogP contribution in [0.4, 0.5) is 0 Å². The molecule has 5 heteroatoms. The summed E-state index contributed by atoms with van der Waals surface area (Å²) in [4.78, 5) is 30.7. The number of rotatable bonds is 5. The van der Waals surface area contributed by atoms with Crippen molar-refractivity contribution in [3.63, 3.8) is 0 Å². The van der Waals surface area contributed by atoms with Crippen LogP contribution < -0.4 is 4.74 Å². The summed E-state index contributed by atoms with van der Waals surface area (Å²) in [5.74, 6) is 1.44. The number of ether oxygens (including phenoxy) is 1. The van der Waals surface area contributed by atoms with Crippen molar-refractivity contribution in [3.8, 4) is 5.75 Å². The molecule has 1 saturated carbocycles. The fraction of sp³-hybridized carbons (Fsp3) is 0.517. The van der Waals surface area contributed by atoms with Crippen molar-refractivity contribution in [2.45, 2.75) is 64.3 Å². The van der Waals surface area contributed by atoms with E-state index in [9.17, 15) is 9.59 Å². The molecule has 0 saturated heterocycles. The van der Waals surface area contributed by atoms with Crippen LogP contribution in [-0.4, -0.2) is 53.9 Å². The van der Waals surface area contributed by atoms with Crippen molar-refractivity contribution >= 4 is 11.8 Å². The summed E-state index contributed by atoms with van der Waals surface area (Å²) < 4.78 is 6.34. The van der Waals surface area contributed by atoms with Crippen LogP contribution in [0.3, 0.4) is 0 Å². The van der Waals surface area contributed by atoms with Crippen molar-refractivity contribution < 1.29 is 14.3 Å². The van der Waals surface area contributed by atoms with Gasteiger partial charge < -0.3 is 14.5 Å². The van der Waals surface area contributed by atoms with Gasteiger partial charge >= 0.3 is 0 Å². The fourth-order valence-corrected chi connectivity index (χ4v) is 4.81. The minimum atomic E-state index is -0.0676. The molecule has 1 heterocycles. The number of amides is 2. The van der Waals surface area contributed by atoms with E-state index in [-0.39, 0.29) is 17.9 Å². The van der Waals surface area contributed by atoms with Crippen LogP contribution in [0.25, 0.3) is 0 Å². The predicted octanol–water partition coefficient (Wildman–Crippen LogP) is 5.34. The first-order chi connectivity index (χ1) is 16.7. The Labute approximate surface area is 204 Å². The maximum absolute atomic E-state index is 13.4. The number of benzene rings is 2. The lowest BCUT2D eigenvalue weighted by Crippen LogP contribution is -2.46. The second-order valence-electron chi connectivity index (χ2n) is 9.68. The summed E-state index contributed by atoms with van der Waals surface area (Å²) in [5.41, 5.74) is 1.80. The monoisotopic (exact) mass is 462 g/mol. The largest absolute Gasteiger partial charge is 0.491 e. The fourth-order valence-electron chi connectivity index (χ4n) is 4.81. The highest BCUT2D eigenvalue weighted by Gasteiger charge is 2.31. The van der Waals surface area contributed by atoms with Crippen molar-refractivity contribution in [3.05, 3.63) is 65.7 Å². The highest BCUT2D eigenvalue weighted by atomic mass is 16.5. The molecule has 0 radical (unpaired) electrons. The van der Waals surface area contributed by atoms with Gasteiger partial charge in [-0.25, -0.2) is 0 Å². The first-order valence-electron chi connectivity index (χ1n) is 13.0. The van der Waals surface area contributed by atoms with Crippen LogP contribution in [0, 0.1) is 5.92 Å². The molecule has 0 spiro atoms. The number of carbonyl (C=O) groups excluding carboxylic acids is 2. The van der Waals surface area contributed by atoms with Gasteiger partial charge in [0.05, 0.1) is 11.6 Å². The summed E-state index contributed by atoms with van der Waals surface area (Å²) in [6.07, 6.45) is 7.82. The highest BCUT2D eigenvalue weighted by Crippen LogP contribution is 2.33. The molecule has 182 valence electrons. The van der Waals surface area contributed by atoms with E-state index in [1.165, 1.54) is 18.4 Å². The molecular formula is C29H38N2O3. The number of nitrogens with zero attached hydrogens (tertiary/aromatic N) is 2. The first kappa shape index (κ1) is 24.3. The summed E-state index contributed by atoms with van der Waals surface area (Å²) >= 11 is 0. The topological polar surface area (TPSA) is 49.9 Å². The molecule has 0 aromatic heterocycles. The molecule has 1 aliphatic heterocycles. The molecule has 2 aliphatic rings. The number of carbonyl (C=O) groups is 2. The normalized spacial score (nSPS) is 20.3. The standard InChI is InChI=1S/C29H38N2O3/c1-2-30-18-10-3-4-11-19-31(28(32)21-24-16-17-24)25(20-23-12-6-5-7-13-23)22-34-27-15-9-8-14-26(27)29(30)33/h5-9,12-15,24-25H,2-4,10-11,16-22H2,1H3/t25-/m0/s1. The van der Waals surface area contributed by atoms with Crippen LogP contribution in [-0.2, 0) is 11.2 Å². The van der Waals surface area contributed by atoms with Gasteiger partial charge in [-0.15, -0.1) is 0 Å². The average Bonchev–Trinajstić information content (AvgIpc) is 3.68. The van der Waals surface area contributed by atoms with Crippen LogP contribution in [0.5, 0.6) is 5.75 Å². The van der Waals surface area contributed by atoms with Crippen molar-refractivity contribution in [1.82, 2.24) is 9.80 Å². The lowest BCUT2D eigenvalue weighted by Gasteiger charge is -2.33. The molecule has 1 fully saturated rings. The summed E-state index contributed by atoms with van der Waals surface area (Å²) in [6.45, 7) is 4.62. The summed E-state index contributed by atoms with van der Waals surface area (Å²) in [7, 11) is 0. The zero-order valence-corrected chi connectivity index (χ0v) is 20.5. The molecule has 5 nitrogen and oxygen atoms in total. The Balaban J connectivity index is 1.61. The molecule has 0 N–H and O–H groups in total. The van der Waals surface area contributed by atoms with Gasteiger partial charge in [0, 0.05) is 26.1 Å². The third kappa shape index (κ3) is 6.62. The summed E-state index contributed by atoms with van der Waals surface area (Å²) in [5, 5.41) is 0. The van der Waals surface area contributed by atoms with Gasteiger partial charge in [0.2, 0.25) is 5.91 Å². The molecule has 34 heavy (non-hydrogen) atoms. The quantitative estimate of drug-likeness (QED) is 0.603. The Morgan fingerprint density at radius 3 is 2.38 bits per heavy atom. The van der Waals surface area contributed by atoms with Crippen LogP contribution in [0.2, 0.25) is 0 Å². The second-order valence-corrected chi connectivity index (χ2v) is 9.68.